The minimum atomic E-state index is -3.80. The number of aliphatic imine (C=N–C) groups is 1. The SMILES string of the molecule is C[C@@H](O)[C@@H]1NC(=O)[C@H](CCCCN)CC(=O)[C@@H](Cc2c[nH]c3ccccc23)NC(=O)[C@H](Cc2ccccc2)CC(=O)[C@H](Cc2ccccc2)NC(=O)[C@H](CCCN=C(N)N)CC(=O)[C@H](NC[C@@H](CC(=O)CCN(C[C@@H]2C[C@@H]3C4C=CC=C5NC=C(C[C@H]3N(C)C2)C54)S(C)(=O)=O)Cc2ccc(O)cc2)CCCCCC(=O)[C@H](Cc2ccc(F)cc2)CC1=O. The zero-order valence-corrected chi connectivity index (χ0v) is 71.3. The predicted octanol–water partition coefficient (Wildman–Crippen LogP) is 9.08. The van der Waals surface area contributed by atoms with Crippen LogP contribution >= 0.6 is 0 Å². The summed E-state index contributed by atoms with van der Waals surface area (Å²) in [5.41, 5.74) is 24.3. The van der Waals surface area contributed by atoms with Crippen LogP contribution in [-0.4, -0.2) is 180 Å². The van der Waals surface area contributed by atoms with Crippen molar-refractivity contribution in [1.82, 2.24) is 40.8 Å². The molecule has 122 heavy (non-hydrogen) atoms. The van der Waals surface area contributed by atoms with Crippen molar-refractivity contribution >= 4 is 79.3 Å². The Morgan fingerprint density at radius 2 is 1.30 bits per heavy atom. The number of H-pyrrole nitrogens is 1. The minimum Gasteiger partial charge on any atom is -0.508 e. The highest BCUT2D eigenvalue weighted by Gasteiger charge is 2.49. The number of aromatic amines is 1. The number of para-hydroxylation sites is 1. The fourth-order valence-corrected chi connectivity index (χ4v) is 19.7. The second kappa shape index (κ2) is 44.8. The maximum absolute atomic E-state index is 15.7. The molecule has 0 radical (unpaired) electrons. The number of piperidine rings is 1. The number of benzene rings is 5. The molecule has 2 aliphatic carbocycles. The number of amides is 3. The lowest BCUT2D eigenvalue weighted by molar-refractivity contribution is -0.136. The normalized spacial score (nSPS) is 25.2. The van der Waals surface area contributed by atoms with E-state index in [4.69, 9.17) is 17.2 Å². The molecule has 6 aromatic rings. The fourth-order valence-electron chi connectivity index (χ4n) is 18.8. The summed E-state index contributed by atoms with van der Waals surface area (Å²) in [5.74, 6) is -9.49. The molecule has 1 aromatic heterocycles. The van der Waals surface area contributed by atoms with Gasteiger partial charge in [-0.2, -0.15) is 0 Å². The highest BCUT2D eigenvalue weighted by atomic mass is 32.2. The average Bonchev–Trinajstić information content (AvgIpc) is 1.53. The fraction of sp³-hybridized carbons (Fsp3) is 0.495. The van der Waals surface area contributed by atoms with Gasteiger partial charge in [-0.05, 0) is 198 Å². The van der Waals surface area contributed by atoms with E-state index in [1.807, 2.05) is 60.7 Å². The van der Waals surface area contributed by atoms with Crippen LogP contribution in [0.1, 0.15) is 150 Å². The number of aromatic nitrogens is 1. The van der Waals surface area contributed by atoms with Gasteiger partial charge >= 0.3 is 0 Å². The Hall–Kier alpha value is -10.2. The van der Waals surface area contributed by atoms with E-state index >= 15 is 24.0 Å². The summed E-state index contributed by atoms with van der Waals surface area (Å²) in [6.45, 7) is 2.64. The molecule has 4 heterocycles. The number of guanidine groups is 1. The molecule has 15 atom stereocenters. The molecule has 0 bridgehead atoms. The van der Waals surface area contributed by atoms with Crippen LogP contribution in [0.3, 0.4) is 0 Å². The predicted molar refractivity (Wildman–Crippen MR) is 469 cm³/mol. The van der Waals surface area contributed by atoms with Crippen LogP contribution in [0.4, 0.5) is 4.39 Å². The summed E-state index contributed by atoms with van der Waals surface area (Å²) in [5, 5.41) is 38.5. The van der Waals surface area contributed by atoms with Crippen LogP contribution in [0.5, 0.6) is 5.75 Å². The Balaban J connectivity index is 0.910. The number of fused-ring (bicyclic) bond motifs is 3. The molecule has 2 saturated heterocycles. The number of halogens is 1. The maximum atomic E-state index is 15.7. The molecule has 5 aromatic carbocycles. The molecular formula is C95H123FN12O13S. The quantitative estimate of drug-likeness (QED) is 0.0114. The summed E-state index contributed by atoms with van der Waals surface area (Å²) in [7, 11) is -1.69. The molecule has 654 valence electrons. The van der Waals surface area contributed by atoms with E-state index in [0.717, 1.165) is 29.3 Å². The lowest BCUT2D eigenvalue weighted by atomic mass is 9.61. The molecule has 3 amide bonds. The number of aliphatic hydroxyl groups is 1. The van der Waals surface area contributed by atoms with Gasteiger partial charge in [0.05, 0.1) is 30.5 Å². The Kier molecular flexibility index (Phi) is 34.0. The van der Waals surface area contributed by atoms with Crippen molar-refractivity contribution in [2.45, 2.75) is 191 Å². The first kappa shape index (κ1) is 92.6. The zero-order valence-electron chi connectivity index (χ0n) is 70.5. The third kappa shape index (κ3) is 26.7. The first-order chi connectivity index (χ1) is 58.6. The van der Waals surface area contributed by atoms with E-state index in [-0.39, 0.29) is 157 Å². The smallest absolute Gasteiger partial charge is 0.224 e. The van der Waals surface area contributed by atoms with Crippen molar-refractivity contribution in [2.75, 3.05) is 52.6 Å². The number of phenolic OH excluding ortho intramolecular Hbond substituents is 1. The Labute approximate surface area is 716 Å². The molecule has 1 saturated carbocycles. The number of Topliss-reactive ketones (excluding diaryl/α,β-unsaturated/α-hetero) is 6. The number of unbranched alkanes of at least 4 members (excludes halogenated alkanes) is 1. The molecular weight excluding hydrogens is 1570 g/mol. The second-order valence-corrected chi connectivity index (χ2v) is 36.6. The number of rotatable bonds is 30. The lowest BCUT2D eigenvalue weighted by Crippen LogP contribution is -2.55. The van der Waals surface area contributed by atoms with Gasteiger partial charge in [0.2, 0.25) is 27.7 Å². The topological polar surface area (TPSA) is 401 Å². The highest BCUT2D eigenvalue weighted by molar-refractivity contribution is 7.88. The largest absolute Gasteiger partial charge is 0.508 e. The van der Waals surface area contributed by atoms with E-state index in [1.165, 1.54) is 53.0 Å². The lowest BCUT2D eigenvalue weighted by Gasteiger charge is -2.51. The van der Waals surface area contributed by atoms with Crippen molar-refractivity contribution in [2.24, 2.45) is 75.5 Å². The molecule has 3 aliphatic heterocycles. The van der Waals surface area contributed by atoms with E-state index in [9.17, 15) is 42.2 Å². The summed E-state index contributed by atoms with van der Waals surface area (Å²) < 4.78 is 43.6. The summed E-state index contributed by atoms with van der Waals surface area (Å²) >= 11 is 0. The number of nitrogens with two attached hydrogens (primary N) is 3. The molecule has 0 spiro atoms. The molecule has 3 fully saturated rings. The Morgan fingerprint density at radius 1 is 0.689 bits per heavy atom. The number of aromatic hydroxyl groups is 1. The second-order valence-electron chi connectivity index (χ2n) is 34.6. The number of likely N-dealkylation sites (tertiary alicyclic amines) is 1. The number of hydrogen-bond donors (Lipinski definition) is 11. The van der Waals surface area contributed by atoms with Crippen molar-refractivity contribution in [3.63, 3.8) is 0 Å². The van der Waals surface area contributed by atoms with Crippen LogP contribution < -0.4 is 43.8 Å². The molecule has 11 rings (SSSR count). The Bertz CT molecular complexity index is 4820. The maximum Gasteiger partial charge on any atom is 0.224 e. The third-order valence-electron chi connectivity index (χ3n) is 25.3. The van der Waals surface area contributed by atoms with Gasteiger partial charge in [-0.25, -0.2) is 17.1 Å². The Morgan fingerprint density at radius 3 is 1.99 bits per heavy atom. The monoisotopic (exact) mass is 1690 g/mol. The molecule has 14 N–H and O–H groups in total. The van der Waals surface area contributed by atoms with E-state index in [0.29, 0.717) is 72.9 Å². The molecule has 2 unspecified atom stereocenters. The summed E-state index contributed by atoms with van der Waals surface area (Å²) in [6, 6.07) is 32.7. The number of allylic oxidation sites excluding steroid dienone is 4. The number of nitrogens with one attached hydrogen (secondary N) is 6. The number of ketones is 6. The van der Waals surface area contributed by atoms with Gasteiger partial charge in [-0.15, -0.1) is 0 Å². The van der Waals surface area contributed by atoms with Crippen molar-refractivity contribution in [3.8, 4) is 5.75 Å². The van der Waals surface area contributed by atoms with Gasteiger partial charge < -0.3 is 63.9 Å². The highest BCUT2D eigenvalue weighted by Crippen LogP contribution is 2.51. The molecule has 27 heteroatoms. The van der Waals surface area contributed by atoms with E-state index in [2.05, 4.69) is 72.9 Å². The molecule has 5 aliphatic rings. The number of sulfonamides is 1. The number of carbonyl (C=O) groups is 9. The number of aliphatic hydroxyl groups excluding tert-OH is 1. The number of nitrogens with zero attached hydrogens (tertiary/aromatic N) is 3. The average molecular weight is 1690 g/mol. The number of carbonyl (C=O) groups excluding carboxylic acids is 9. The van der Waals surface area contributed by atoms with Gasteiger partial charge in [-0.3, -0.25) is 48.1 Å². The van der Waals surface area contributed by atoms with Crippen LogP contribution in [-0.2, 0) is 85.3 Å². The van der Waals surface area contributed by atoms with Crippen molar-refractivity contribution in [1.29, 1.82) is 0 Å². The van der Waals surface area contributed by atoms with E-state index < -0.39 is 136 Å². The molecule has 25 nitrogen and oxygen atoms in total. The van der Waals surface area contributed by atoms with Crippen LogP contribution in [0.25, 0.3) is 10.9 Å². The third-order valence-corrected chi connectivity index (χ3v) is 26.6. The van der Waals surface area contributed by atoms with E-state index in [1.54, 1.807) is 54.7 Å². The van der Waals surface area contributed by atoms with Crippen molar-refractivity contribution in [3.05, 3.63) is 209 Å². The summed E-state index contributed by atoms with van der Waals surface area (Å²) in [4.78, 5) is 147. The van der Waals surface area contributed by atoms with Crippen molar-refractivity contribution < 1.29 is 66.2 Å². The van der Waals surface area contributed by atoms with Gasteiger partial charge in [0, 0.05) is 142 Å². The van der Waals surface area contributed by atoms with Crippen LogP contribution in [0.15, 0.2) is 180 Å². The number of hydrogen-bond acceptors (Lipinski definition) is 18. The van der Waals surface area contributed by atoms with Crippen LogP contribution in [0, 0.1) is 59.1 Å². The minimum absolute atomic E-state index is 0.00252. The first-order valence-electron chi connectivity index (χ1n) is 43.5. The zero-order chi connectivity index (χ0) is 87.0. The standard InChI is InChI=1S/C95H123FN12O13S/c1-60(109)91-89(116)53-69(44-64-31-35-73(96)36-32-64)85(112)30-12-6-11-28-80(101-55-65(43-63-33-37-74(110)38-34-63)46-75(111)39-42-108(122(3,120)121)59-66-47-78-77-26-17-29-81-90(77)72(57-103-81)50-84(78)107(2)58-66)86(113)51-68(24-18-41-100-95(98)99)92(117)104-82(48-62-21-9-5-10-22-62)88(115)54-70(45-61-19-7-4-8-20-61)94(119)105-83(49-71-56-102-79-27-14-13-25-76(71)79)87(114)52-67(93(118)106-91)23-15-16-40-97/h4-5,7-10,13-14,17,19-22,25-27,29,31-38,56-57,60,65-70,77-78,80,82-84,90-91,101-103,109-110H,6,11-12,15-16,18,23-24,28,30,39-55,58-59,97H2,1-3H3,(H,104,117)(H,105,119)(H,106,118)(H4,98,99,100)/t60-,65-,66-,67-,68-,69-,70-,77?,78-,80-,82+,83-,84-,90?,91+/m1/s1. The number of phenols is 1. The summed E-state index contributed by atoms with van der Waals surface area (Å²) in [6.07, 6.45) is 12.6. The van der Waals surface area contributed by atoms with Gasteiger partial charge in [-0.1, -0.05) is 135 Å². The van der Waals surface area contributed by atoms with Gasteiger partial charge in [0.1, 0.15) is 29.2 Å². The van der Waals surface area contributed by atoms with Gasteiger partial charge in [0.15, 0.2) is 29.1 Å². The van der Waals surface area contributed by atoms with Crippen LogP contribution in [0.2, 0.25) is 0 Å². The van der Waals surface area contributed by atoms with Gasteiger partial charge in [0.25, 0.3) is 0 Å². The first-order valence-corrected chi connectivity index (χ1v) is 45.4.